The van der Waals surface area contributed by atoms with Crippen LogP contribution in [0.2, 0.25) is 0 Å². The Kier molecular flexibility index (Phi) is 6.24. The molecule has 0 saturated carbocycles. The highest BCUT2D eigenvalue weighted by Crippen LogP contribution is 2.19. The maximum atomic E-state index is 5.41. The summed E-state index contributed by atoms with van der Waals surface area (Å²) in [6, 6.07) is 23.5. The summed E-state index contributed by atoms with van der Waals surface area (Å²) in [5.41, 5.74) is 3.76. The van der Waals surface area contributed by atoms with E-state index in [1.54, 1.807) is 0 Å². The third-order valence-electron chi connectivity index (χ3n) is 4.62. The van der Waals surface area contributed by atoms with Crippen LogP contribution < -0.4 is 10.6 Å². The minimum Gasteiger partial charge on any atom is -0.362 e. The van der Waals surface area contributed by atoms with Crippen LogP contribution in [0.5, 0.6) is 0 Å². The van der Waals surface area contributed by atoms with Crippen molar-refractivity contribution in [2.45, 2.75) is 32.6 Å². The first-order valence-corrected chi connectivity index (χ1v) is 9.66. The third-order valence-corrected chi connectivity index (χ3v) is 4.87. The lowest BCUT2D eigenvalue weighted by molar-refractivity contribution is 0.780. The van der Waals surface area contributed by atoms with Crippen molar-refractivity contribution in [2.24, 2.45) is 0 Å². The maximum Gasteiger partial charge on any atom is 0.170 e. The van der Waals surface area contributed by atoms with Crippen LogP contribution in [-0.2, 0) is 6.42 Å². The second-order valence-electron chi connectivity index (χ2n) is 6.90. The molecule has 0 saturated heterocycles. The molecule has 134 valence electrons. The summed E-state index contributed by atoms with van der Waals surface area (Å²) in [7, 11) is 0. The molecule has 2 nitrogen and oxygen atoms in total. The molecule has 0 bridgehead atoms. The minimum atomic E-state index is 0.545. The number of rotatable bonds is 6. The summed E-state index contributed by atoms with van der Waals surface area (Å²) in [6.45, 7) is 5.26. The third kappa shape index (κ3) is 4.83. The zero-order chi connectivity index (χ0) is 18.4. The van der Waals surface area contributed by atoms with Gasteiger partial charge in [-0.2, -0.15) is 0 Å². The van der Waals surface area contributed by atoms with Gasteiger partial charge in [0.15, 0.2) is 5.11 Å². The molecule has 3 heteroatoms. The van der Waals surface area contributed by atoms with Crippen LogP contribution in [-0.4, -0.2) is 11.7 Å². The highest BCUT2D eigenvalue weighted by atomic mass is 32.1. The van der Waals surface area contributed by atoms with E-state index < -0.39 is 0 Å². The zero-order valence-corrected chi connectivity index (χ0v) is 16.3. The summed E-state index contributed by atoms with van der Waals surface area (Å²) in [5, 5.41) is 9.90. The Bertz CT molecular complexity index is 864. The van der Waals surface area contributed by atoms with E-state index in [0.717, 1.165) is 25.1 Å². The summed E-state index contributed by atoms with van der Waals surface area (Å²) >= 11 is 5.41. The molecular formula is C23H26N2S. The van der Waals surface area contributed by atoms with E-state index in [1.807, 2.05) is 0 Å². The van der Waals surface area contributed by atoms with E-state index in [9.17, 15) is 0 Å². The molecule has 3 rings (SSSR count). The van der Waals surface area contributed by atoms with Gasteiger partial charge in [0, 0.05) is 12.2 Å². The van der Waals surface area contributed by atoms with Gasteiger partial charge in [-0.3, -0.25) is 0 Å². The van der Waals surface area contributed by atoms with Crippen molar-refractivity contribution in [3.63, 3.8) is 0 Å². The molecule has 26 heavy (non-hydrogen) atoms. The molecular weight excluding hydrogens is 336 g/mol. The molecule has 0 unspecified atom stereocenters. The first kappa shape index (κ1) is 18.4. The molecule has 0 atom stereocenters. The molecule has 0 fully saturated rings. The molecule has 3 aromatic rings. The number of hydrogen-bond donors (Lipinski definition) is 2. The van der Waals surface area contributed by atoms with Gasteiger partial charge in [-0.25, -0.2) is 0 Å². The zero-order valence-electron chi connectivity index (χ0n) is 15.5. The van der Waals surface area contributed by atoms with Crippen molar-refractivity contribution >= 4 is 33.8 Å². The average molecular weight is 363 g/mol. The summed E-state index contributed by atoms with van der Waals surface area (Å²) in [4.78, 5) is 0. The topological polar surface area (TPSA) is 24.1 Å². The Balaban J connectivity index is 1.46. The number of fused-ring (bicyclic) bond motifs is 1. The van der Waals surface area contributed by atoms with Gasteiger partial charge in [0.1, 0.15) is 0 Å². The van der Waals surface area contributed by atoms with Crippen LogP contribution >= 0.6 is 12.2 Å². The Morgan fingerprint density at radius 3 is 2.42 bits per heavy atom. The maximum absolute atomic E-state index is 5.41. The van der Waals surface area contributed by atoms with Crippen LogP contribution in [0.4, 0.5) is 5.69 Å². The van der Waals surface area contributed by atoms with Crippen LogP contribution in [0.15, 0.2) is 66.7 Å². The lowest BCUT2D eigenvalue weighted by atomic mass is 10.0. The molecule has 3 aromatic carbocycles. The Morgan fingerprint density at radius 2 is 1.65 bits per heavy atom. The van der Waals surface area contributed by atoms with Crippen LogP contribution in [0, 0.1) is 0 Å². The predicted octanol–water partition coefficient (Wildman–Crippen LogP) is 5.88. The van der Waals surface area contributed by atoms with Gasteiger partial charge in [0.2, 0.25) is 0 Å². The van der Waals surface area contributed by atoms with Gasteiger partial charge < -0.3 is 10.6 Å². The number of benzene rings is 3. The molecule has 2 N–H and O–H groups in total. The average Bonchev–Trinajstić information content (AvgIpc) is 2.66. The molecule has 0 aliphatic heterocycles. The van der Waals surface area contributed by atoms with Crippen molar-refractivity contribution in [2.75, 3.05) is 11.9 Å². The minimum absolute atomic E-state index is 0.545. The van der Waals surface area contributed by atoms with Crippen LogP contribution in [0.3, 0.4) is 0 Å². The molecule has 0 spiro atoms. The fraction of sp³-hybridized carbons (Fsp3) is 0.261. The fourth-order valence-corrected chi connectivity index (χ4v) is 3.34. The molecule has 0 aromatic heterocycles. The van der Waals surface area contributed by atoms with Crippen LogP contribution in [0.25, 0.3) is 10.8 Å². The first-order valence-electron chi connectivity index (χ1n) is 9.25. The lowest BCUT2D eigenvalue weighted by Gasteiger charge is -2.12. The van der Waals surface area contributed by atoms with Gasteiger partial charge in [-0.15, -0.1) is 0 Å². The smallest absolute Gasteiger partial charge is 0.170 e. The van der Waals surface area contributed by atoms with E-state index in [1.165, 1.54) is 21.9 Å². The second-order valence-corrected chi connectivity index (χ2v) is 7.31. The quantitative estimate of drug-likeness (QED) is 0.423. The first-order chi connectivity index (χ1) is 12.6. The molecule has 0 radical (unpaired) electrons. The van der Waals surface area contributed by atoms with E-state index in [0.29, 0.717) is 11.0 Å². The number of anilines is 1. The van der Waals surface area contributed by atoms with Gasteiger partial charge in [-0.1, -0.05) is 68.4 Å². The Morgan fingerprint density at radius 1 is 0.923 bits per heavy atom. The largest absolute Gasteiger partial charge is 0.362 e. The SMILES string of the molecule is CC(C)c1ccc(NC(=S)NCCCc2cccc3ccccc23)cc1. The number of aryl methyl sites for hydroxylation is 1. The fourth-order valence-electron chi connectivity index (χ4n) is 3.12. The van der Waals surface area contributed by atoms with E-state index in [4.69, 9.17) is 12.2 Å². The normalized spacial score (nSPS) is 10.9. The van der Waals surface area contributed by atoms with Crippen molar-refractivity contribution in [3.8, 4) is 0 Å². The molecule has 0 aliphatic rings. The predicted molar refractivity (Wildman–Crippen MR) is 117 cm³/mol. The Labute approximate surface area is 161 Å². The van der Waals surface area contributed by atoms with E-state index in [2.05, 4.69) is 91.2 Å². The van der Waals surface area contributed by atoms with Gasteiger partial charge in [0.05, 0.1) is 0 Å². The second kappa shape index (κ2) is 8.81. The number of nitrogens with one attached hydrogen (secondary N) is 2. The van der Waals surface area contributed by atoms with Crippen LogP contribution in [0.1, 0.15) is 37.3 Å². The number of hydrogen-bond acceptors (Lipinski definition) is 1. The van der Waals surface area contributed by atoms with Gasteiger partial charge in [-0.05, 0) is 65.0 Å². The van der Waals surface area contributed by atoms with E-state index >= 15 is 0 Å². The van der Waals surface area contributed by atoms with E-state index in [-0.39, 0.29) is 0 Å². The standard InChI is InChI=1S/C23H26N2S/c1-17(2)18-12-14-21(15-13-18)25-23(26)24-16-6-10-20-9-5-8-19-7-3-4-11-22(19)20/h3-5,7-9,11-15,17H,6,10,16H2,1-2H3,(H2,24,25,26). The van der Waals surface area contributed by atoms with Crippen molar-refractivity contribution in [1.29, 1.82) is 0 Å². The Hall–Kier alpha value is -2.39. The summed E-state index contributed by atoms with van der Waals surface area (Å²) in [6.07, 6.45) is 2.09. The summed E-state index contributed by atoms with van der Waals surface area (Å²) in [5.74, 6) is 0.545. The number of thiocarbonyl (C=S) groups is 1. The summed E-state index contributed by atoms with van der Waals surface area (Å²) < 4.78 is 0. The highest BCUT2D eigenvalue weighted by Gasteiger charge is 2.02. The van der Waals surface area contributed by atoms with Crippen molar-refractivity contribution in [1.82, 2.24) is 5.32 Å². The van der Waals surface area contributed by atoms with Crippen molar-refractivity contribution < 1.29 is 0 Å². The monoisotopic (exact) mass is 362 g/mol. The molecule has 0 aliphatic carbocycles. The highest BCUT2D eigenvalue weighted by molar-refractivity contribution is 7.80. The molecule has 0 heterocycles. The van der Waals surface area contributed by atoms with Gasteiger partial charge >= 0.3 is 0 Å². The molecule has 0 amide bonds. The van der Waals surface area contributed by atoms with Gasteiger partial charge in [0.25, 0.3) is 0 Å². The van der Waals surface area contributed by atoms with Crippen molar-refractivity contribution in [3.05, 3.63) is 77.9 Å². The lowest BCUT2D eigenvalue weighted by Crippen LogP contribution is -2.29.